The maximum absolute atomic E-state index is 12.6. The topological polar surface area (TPSA) is 82.5 Å². The van der Waals surface area contributed by atoms with E-state index in [0.29, 0.717) is 31.1 Å². The van der Waals surface area contributed by atoms with Crippen LogP contribution in [0.15, 0.2) is 65.8 Å². The van der Waals surface area contributed by atoms with E-state index in [1.54, 1.807) is 16.9 Å². The SMILES string of the molecule is O=S(=O)(NCCc1cnn(-c2ccccc2)c1)c1ccc2c(c1)OCCCO2. The van der Waals surface area contributed by atoms with E-state index in [1.807, 2.05) is 36.5 Å². The summed E-state index contributed by atoms with van der Waals surface area (Å²) in [5, 5.41) is 4.33. The number of rotatable bonds is 6. The Morgan fingerprint density at radius 3 is 2.64 bits per heavy atom. The predicted molar refractivity (Wildman–Crippen MR) is 105 cm³/mol. The summed E-state index contributed by atoms with van der Waals surface area (Å²) in [6, 6.07) is 14.4. The minimum Gasteiger partial charge on any atom is -0.490 e. The second kappa shape index (κ2) is 8.04. The fraction of sp³-hybridized carbons (Fsp3) is 0.250. The van der Waals surface area contributed by atoms with Gasteiger partial charge in [0.05, 0.1) is 30.0 Å². The number of nitrogens with zero attached hydrogens (tertiary/aromatic N) is 2. The zero-order valence-corrected chi connectivity index (χ0v) is 16.1. The number of hydrogen-bond donors (Lipinski definition) is 1. The first kappa shape index (κ1) is 18.5. The van der Waals surface area contributed by atoms with Crippen LogP contribution in [-0.4, -0.2) is 38.0 Å². The number of hydrogen-bond acceptors (Lipinski definition) is 5. The Hall–Kier alpha value is -2.84. The molecule has 0 amide bonds. The number of ether oxygens (including phenoxy) is 2. The van der Waals surface area contributed by atoms with Crippen molar-refractivity contribution in [3.05, 3.63) is 66.5 Å². The Kier molecular flexibility index (Phi) is 5.31. The number of sulfonamides is 1. The number of nitrogens with one attached hydrogen (secondary N) is 1. The molecule has 0 bridgehead atoms. The summed E-state index contributed by atoms with van der Waals surface area (Å²) in [6.45, 7) is 1.35. The quantitative estimate of drug-likeness (QED) is 0.689. The van der Waals surface area contributed by atoms with Gasteiger partial charge in [-0.25, -0.2) is 17.8 Å². The van der Waals surface area contributed by atoms with Crippen molar-refractivity contribution in [1.82, 2.24) is 14.5 Å². The van der Waals surface area contributed by atoms with Crippen molar-refractivity contribution in [3.8, 4) is 17.2 Å². The molecule has 0 unspecified atom stereocenters. The molecule has 4 rings (SSSR count). The minimum absolute atomic E-state index is 0.164. The third kappa shape index (κ3) is 4.18. The number of fused-ring (bicyclic) bond motifs is 1. The van der Waals surface area contributed by atoms with E-state index in [2.05, 4.69) is 9.82 Å². The number of aromatic nitrogens is 2. The van der Waals surface area contributed by atoms with Gasteiger partial charge in [0.2, 0.25) is 10.0 Å². The maximum atomic E-state index is 12.6. The van der Waals surface area contributed by atoms with Crippen LogP contribution in [0.1, 0.15) is 12.0 Å². The molecule has 0 spiro atoms. The van der Waals surface area contributed by atoms with E-state index in [0.717, 1.165) is 17.7 Å². The second-order valence-electron chi connectivity index (χ2n) is 6.44. The molecule has 146 valence electrons. The summed E-state index contributed by atoms with van der Waals surface area (Å²) in [4.78, 5) is 0.164. The molecule has 7 nitrogen and oxygen atoms in total. The Labute approximate surface area is 164 Å². The molecule has 1 N–H and O–H groups in total. The lowest BCUT2D eigenvalue weighted by Crippen LogP contribution is -2.26. The van der Waals surface area contributed by atoms with E-state index < -0.39 is 10.0 Å². The van der Waals surface area contributed by atoms with Crippen LogP contribution in [0.4, 0.5) is 0 Å². The molecule has 0 saturated heterocycles. The highest BCUT2D eigenvalue weighted by molar-refractivity contribution is 7.89. The third-order valence-electron chi connectivity index (χ3n) is 4.39. The molecule has 1 aliphatic rings. The van der Waals surface area contributed by atoms with Gasteiger partial charge in [-0.3, -0.25) is 0 Å². The molecule has 8 heteroatoms. The average Bonchev–Trinajstić information content (AvgIpc) is 3.05. The van der Waals surface area contributed by atoms with Crippen LogP contribution in [0, 0.1) is 0 Å². The van der Waals surface area contributed by atoms with Gasteiger partial charge in [0.15, 0.2) is 11.5 Å². The number of benzene rings is 2. The van der Waals surface area contributed by atoms with Crippen molar-refractivity contribution < 1.29 is 17.9 Å². The highest BCUT2D eigenvalue weighted by Gasteiger charge is 2.18. The van der Waals surface area contributed by atoms with Crippen LogP contribution in [0.5, 0.6) is 11.5 Å². The Bertz CT molecular complexity index is 1050. The van der Waals surface area contributed by atoms with Crippen LogP contribution in [0.3, 0.4) is 0 Å². The normalized spacial score (nSPS) is 13.9. The summed E-state index contributed by atoms with van der Waals surface area (Å²) >= 11 is 0. The highest BCUT2D eigenvalue weighted by atomic mass is 32.2. The van der Waals surface area contributed by atoms with Crippen molar-refractivity contribution in [2.24, 2.45) is 0 Å². The Morgan fingerprint density at radius 1 is 1.04 bits per heavy atom. The van der Waals surface area contributed by atoms with Gasteiger partial charge < -0.3 is 9.47 Å². The molecule has 0 radical (unpaired) electrons. The van der Waals surface area contributed by atoms with Crippen molar-refractivity contribution in [1.29, 1.82) is 0 Å². The summed E-state index contributed by atoms with van der Waals surface area (Å²) in [6.07, 6.45) is 4.95. The van der Waals surface area contributed by atoms with Gasteiger partial charge in [0, 0.05) is 25.2 Å². The molecule has 0 fully saturated rings. The fourth-order valence-corrected chi connectivity index (χ4v) is 3.98. The standard InChI is InChI=1S/C20H21N3O4S/c24-28(25,18-7-8-19-20(13-18)27-12-4-11-26-19)22-10-9-16-14-21-23(15-16)17-5-2-1-3-6-17/h1-3,5-8,13-15,22H,4,9-12H2. The van der Waals surface area contributed by atoms with Crippen molar-refractivity contribution >= 4 is 10.0 Å². The lowest BCUT2D eigenvalue weighted by atomic mass is 10.2. The maximum Gasteiger partial charge on any atom is 0.240 e. The van der Waals surface area contributed by atoms with Gasteiger partial charge in [-0.1, -0.05) is 18.2 Å². The van der Waals surface area contributed by atoms with Crippen LogP contribution >= 0.6 is 0 Å². The monoisotopic (exact) mass is 399 g/mol. The van der Waals surface area contributed by atoms with Crippen molar-refractivity contribution in [2.45, 2.75) is 17.7 Å². The first-order valence-electron chi connectivity index (χ1n) is 9.10. The summed E-state index contributed by atoms with van der Waals surface area (Å²) in [5.74, 6) is 1.04. The van der Waals surface area contributed by atoms with E-state index in [1.165, 1.54) is 12.1 Å². The van der Waals surface area contributed by atoms with Gasteiger partial charge in [0.1, 0.15) is 0 Å². The molecule has 0 saturated carbocycles. The van der Waals surface area contributed by atoms with Crippen molar-refractivity contribution in [3.63, 3.8) is 0 Å². The molecular formula is C20H21N3O4S. The zero-order chi connectivity index (χ0) is 19.4. The largest absolute Gasteiger partial charge is 0.490 e. The van der Waals surface area contributed by atoms with E-state index >= 15 is 0 Å². The lowest BCUT2D eigenvalue weighted by Gasteiger charge is -2.10. The Morgan fingerprint density at radius 2 is 1.82 bits per heavy atom. The third-order valence-corrected chi connectivity index (χ3v) is 5.85. The van der Waals surface area contributed by atoms with Crippen LogP contribution in [0.25, 0.3) is 5.69 Å². The zero-order valence-electron chi connectivity index (χ0n) is 15.2. The van der Waals surface area contributed by atoms with Crippen LogP contribution in [-0.2, 0) is 16.4 Å². The van der Waals surface area contributed by atoms with Crippen molar-refractivity contribution in [2.75, 3.05) is 19.8 Å². The van der Waals surface area contributed by atoms with E-state index in [-0.39, 0.29) is 11.4 Å². The van der Waals surface area contributed by atoms with E-state index in [9.17, 15) is 8.42 Å². The Balaban J connectivity index is 1.39. The smallest absolute Gasteiger partial charge is 0.240 e. The second-order valence-corrected chi connectivity index (χ2v) is 8.20. The van der Waals surface area contributed by atoms with Gasteiger partial charge in [0.25, 0.3) is 0 Å². The fourth-order valence-electron chi connectivity index (χ4n) is 2.93. The van der Waals surface area contributed by atoms with Gasteiger partial charge in [-0.2, -0.15) is 5.10 Å². The predicted octanol–water partition coefficient (Wildman–Crippen LogP) is 2.55. The van der Waals surface area contributed by atoms with Crippen LogP contribution in [0.2, 0.25) is 0 Å². The molecule has 0 atom stereocenters. The van der Waals surface area contributed by atoms with E-state index in [4.69, 9.17) is 9.47 Å². The minimum atomic E-state index is -3.63. The first-order valence-corrected chi connectivity index (χ1v) is 10.6. The molecule has 2 heterocycles. The summed E-state index contributed by atoms with van der Waals surface area (Å²) in [5.41, 5.74) is 1.91. The molecule has 1 aromatic heterocycles. The van der Waals surface area contributed by atoms with Gasteiger partial charge in [-0.05, 0) is 36.2 Å². The highest BCUT2D eigenvalue weighted by Crippen LogP contribution is 2.31. The molecular weight excluding hydrogens is 378 g/mol. The van der Waals surface area contributed by atoms with Crippen LogP contribution < -0.4 is 14.2 Å². The molecule has 2 aromatic carbocycles. The molecule has 0 aliphatic carbocycles. The molecule has 1 aliphatic heterocycles. The lowest BCUT2D eigenvalue weighted by molar-refractivity contribution is 0.297. The summed E-state index contributed by atoms with van der Waals surface area (Å²) < 4.78 is 40.7. The van der Waals surface area contributed by atoms with Gasteiger partial charge >= 0.3 is 0 Å². The average molecular weight is 399 g/mol. The first-order chi connectivity index (χ1) is 13.6. The number of para-hydroxylation sites is 1. The van der Waals surface area contributed by atoms with Gasteiger partial charge in [-0.15, -0.1) is 0 Å². The molecule has 3 aromatic rings. The molecule has 28 heavy (non-hydrogen) atoms. The summed E-state index contributed by atoms with van der Waals surface area (Å²) in [7, 11) is -3.63.